The van der Waals surface area contributed by atoms with Crippen LogP contribution in [0.5, 0.6) is 5.75 Å². The van der Waals surface area contributed by atoms with E-state index in [1.165, 1.54) is 5.56 Å². The predicted molar refractivity (Wildman–Crippen MR) is 84.4 cm³/mol. The second-order valence-corrected chi connectivity index (χ2v) is 6.45. The molecule has 1 aliphatic rings. The van der Waals surface area contributed by atoms with Gasteiger partial charge >= 0.3 is 0 Å². The second kappa shape index (κ2) is 6.06. The van der Waals surface area contributed by atoms with Gasteiger partial charge in [-0.2, -0.15) is 0 Å². The second-order valence-electron chi connectivity index (χ2n) is 6.45. The van der Waals surface area contributed by atoms with E-state index in [1.807, 2.05) is 32.9 Å². The molecule has 0 saturated heterocycles. The molecule has 4 heteroatoms. The Morgan fingerprint density at radius 2 is 2.14 bits per heavy atom. The van der Waals surface area contributed by atoms with Gasteiger partial charge in [0.05, 0.1) is 11.6 Å². The Morgan fingerprint density at radius 3 is 2.71 bits per heavy atom. The van der Waals surface area contributed by atoms with Crippen LogP contribution in [-0.4, -0.2) is 23.6 Å². The van der Waals surface area contributed by atoms with Gasteiger partial charge in [-0.05, 0) is 57.7 Å². The topological polar surface area (TPSA) is 64.3 Å². The molecule has 2 rings (SSSR count). The van der Waals surface area contributed by atoms with E-state index in [0.717, 1.165) is 24.2 Å². The number of nitrogens with two attached hydrogens (primary N) is 1. The van der Waals surface area contributed by atoms with Gasteiger partial charge in [0.25, 0.3) is 0 Å². The summed E-state index contributed by atoms with van der Waals surface area (Å²) >= 11 is 0. The average Bonchev–Trinajstić information content (AvgIpc) is 3.18. The van der Waals surface area contributed by atoms with Crippen molar-refractivity contribution >= 4 is 5.91 Å². The van der Waals surface area contributed by atoms with Crippen molar-refractivity contribution in [1.29, 1.82) is 0 Å². The summed E-state index contributed by atoms with van der Waals surface area (Å²) < 4.78 is 6.03. The molecule has 0 spiro atoms. The lowest BCUT2D eigenvalue weighted by Gasteiger charge is -2.31. The maximum Gasteiger partial charge on any atom is 0.237 e. The first-order valence-electron chi connectivity index (χ1n) is 7.62. The molecule has 0 radical (unpaired) electrons. The van der Waals surface area contributed by atoms with Gasteiger partial charge in [-0.3, -0.25) is 4.79 Å². The van der Waals surface area contributed by atoms with Crippen LogP contribution in [0, 0.1) is 13.8 Å². The van der Waals surface area contributed by atoms with Crippen LogP contribution in [0.25, 0.3) is 0 Å². The van der Waals surface area contributed by atoms with Crippen molar-refractivity contribution in [3.8, 4) is 5.75 Å². The molecule has 0 heterocycles. The predicted octanol–water partition coefficient (Wildman–Crippen LogP) is 2.46. The molecule has 0 aliphatic heterocycles. The summed E-state index contributed by atoms with van der Waals surface area (Å²) in [6, 6.07) is 6.44. The molecule has 1 amide bonds. The zero-order chi connectivity index (χ0) is 15.6. The average molecular weight is 290 g/mol. The van der Waals surface area contributed by atoms with Gasteiger partial charge in [-0.15, -0.1) is 0 Å². The molecule has 116 valence electrons. The summed E-state index contributed by atoms with van der Waals surface area (Å²) in [6.45, 7) is 7.97. The maximum atomic E-state index is 11.8. The first-order valence-corrected chi connectivity index (χ1v) is 7.62. The fourth-order valence-corrected chi connectivity index (χ4v) is 2.59. The summed E-state index contributed by atoms with van der Waals surface area (Å²) in [4.78, 5) is 11.8. The van der Waals surface area contributed by atoms with Crippen LogP contribution in [-0.2, 0) is 4.79 Å². The van der Waals surface area contributed by atoms with Crippen molar-refractivity contribution in [1.82, 2.24) is 5.32 Å². The number of rotatable bonds is 7. The molecule has 1 aromatic carbocycles. The molecule has 1 aliphatic carbocycles. The highest BCUT2D eigenvalue weighted by Crippen LogP contribution is 2.27. The highest BCUT2D eigenvalue weighted by Gasteiger charge is 2.38. The van der Waals surface area contributed by atoms with Crippen LogP contribution in [0.15, 0.2) is 18.2 Å². The van der Waals surface area contributed by atoms with Crippen LogP contribution in [0.3, 0.4) is 0 Å². The Morgan fingerprint density at radius 1 is 1.48 bits per heavy atom. The molecule has 2 atom stereocenters. The molecule has 2 unspecified atom stereocenters. The Balaban J connectivity index is 2.03. The number of ether oxygens (including phenoxy) is 1. The number of carbonyl (C=O) groups is 1. The minimum atomic E-state index is -0.710. The molecule has 0 bridgehead atoms. The number of amides is 1. The lowest BCUT2D eigenvalue weighted by atomic mass is 9.93. The maximum absolute atomic E-state index is 11.8. The van der Waals surface area contributed by atoms with Crippen LogP contribution in [0.2, 0.25) is 0 Å². The van der Waals surface area contributed by atoms with Gasteiger partial charge in [0.15, 0.2) is 0 Å². The van der Waals surface area contributed by atoms with Crippen molar-refractivity contribution in [2.75, 3.05) is 0 Å². The number of benzene rings is 1. The molecule has 0 aromatic heterocycles. The standard InChI is InChI=1S/C17H26N2O2/c1-11-6-5-7-15(13(11)3)21-12(2)10-17(4,16(18)20)19-14-8-9-14/h5-7,12,14,19H,8-10H2,1-4H3,(H2,18,20). The number of hydrogen-bond acceptors (Lipinski definition) is 3. The van der Waals surface area contributed by atoms with Crippen LogP contribution < -0.4 is 15.8 Å². The Bertz CT molecular complexity index is 526. The monoisotopic (exact) mass is 290 g/mol. The molecule has 1 fully saturated rings. The molecule has 1 saturated carbocycles. The first-order chi connectivity index (χ1) is 9.82. The molecular weight excluding hydrogens is 264 g/mol. The first kappa shape index (κ1) is 15.8. The van der Waals surface area contributed by atoms with E-state index in [-0.39, 0.29) is 12.0 Å². The molecule has 3 N–H and O–H groups in total. The molecule has 21 heavy (non-hydrogen) atoms. The van der Waals surface area contributed by atoms with Gasteiger partial charge in [0.1, 0.15) is 5.75 Å². The Hall–Kier alpha value is -1.55. The number of nitrogens with one attached hydrogen (secondary N) is 1. The minimum absolute atomic E-state index is 0.0887. The third-order valence-corrected chi connectivity index (χ3v) is 4.22. The third-order valence-electron chi connectivity index (χ3n) is 4.22. The van der Waals surface area contributed by atoms with E-state index in [9.17, 15) is 4.79 Å². The summed E-state index contributed by atoms with van der Waals surface area (Å²) in [5, 5.41) is 3.35. The van der Waals surface area contributed by atoms with Gasteiger partial charge in [-0.1, -0.05) is 12.1 Å². The summed E-state index contributed by atoms with van der Waals surface area (Å²) in [6.07, 6.45) is 2.71. The largest absolute Gasteiger partial charge is 0.490 e. The van der Waals surface area contributed by atoms with E-state index < -0.39 is 5.54 Å². The van der Waals surface area contributed by atoms with Gasteiger partial charge in [-0.25, -0.2) is 0 Å². The summed E-state index contributed by atoms with van der Waals surface area (Å²) in [5.41, 5.74) is 7.22. The van der Waals surface area contributed by atoms with Crippen molar-refractivity contribution in [3.05, 3.63) is 29.3 Å². The number of hydrogen-bond donors (Lipinski definition) is 2. The van der Waals surface area contributed by atoms with Gasteiger partial charge in [0.2, 0.25) is 5.91 Å². The lowest BCUT2D eigenvalue weighted by molar-refractivity contribution is -0.124. The molecular formula is C17H26N2O2. The number of carbonyl (C=O) groups excluding carboxylic acids is 1. The van der Waals surface area contributed by atoms with E-state index in [0.29, 0.717) is 12.5 Å². The van der Waals surface area contributed by atoms with E-state index in [1.54, 1.807) is 0 Å². The zero-order valence-electron chi connectivity index (χ0n) is 13.4. The lowest BCUT2D eigenvalue weighted by Crippen LogP contribution is -2.55. The van der Waals surface area contributed by atoms with Gasteiger partial charge in [0, 0.05) is 12.5 Å². The van der Waals surface area contributed by atoms with Crippen molar-refractivity contribution in [3.63, 3.8) is 0 Å². The zero-order valence-corrected chi connectivity index (χ0v) is 13.4. The highest BCUT2D eigenvalue weighted by molar-refractivity contribution is 5.84. The van der Waals surface area contributed by atoms with Crippen molar-refractivity contribution < 1.29 is 9.53 Å². The van der Waals surface area contributed by atoms with Crippen LogP contribution in [0.4, 0.5) is 0 Å². The fraction of sp³-hybridized carbons (Fsp3) is 0.588. The summed E-state index contributed by atoms with van der Waals surface area (Å²) in [7, 11) is 0. The SMILES string of the molecule is Cc1cccc(OC(C)CC(C)(NC2CC2)C(N)=O)c1C. The molecule has 4 nitrogen and oxygen atoms in total. The quantitative estimate of drug-likeness (QED) is 0.810. The number of aryl methyl sites for hydroxylation is 1. The van der Waals surface area contributed by atoms with E-state index in [2.05, 4.69) is 18.3 Å². The van der Waals surface area contributed by atoms with Crippen molar-refractivity contribution in [2.24, 2.45) is 5.73 Å². The van der Waals surface area contributed by atoms with E-state index in [4.69, 9.17) is 10.5 Å². The Kier molecular flexibility index (Phi) is 4.57. The fourth-order valence-electron chi connectivity index (χ4n) is 2.59. The van der Waals surface area contributed by atoms with Crippen LogP contribution in [0.1, 0.15) is 44.2 Å². The summed E-state index contributed by atoms with van der Waals surface area (Å²) in [5.74, 6) is 0.562. The van der Waals surface area contributed by atoms with Crippen molar-refractivity contribution in [2.45, 2.75) is 64.6 Å². The number of primary amides is 1. The van der Waals surface area contributed by atoms with Gasteiger partial charge < -0.3 is 15.8 Å². The van der Waals surface area contributed by atoms with Crippen LogP contribution >= 0.6 is 0 Å². The highest BCUT2D eigenvalue weighted by atomic mass is 16.5. The molecule has 1 aromatic rings. The van der Waals surface area contributed by atoms with E-state index >= 15 is 0 Å². The Labute approximate surface area is 127 Å². The third kappa shape index (κ3) is 3.97. The minimum Gasteiger partial charge on any atom is -0.490 e. The normalized spacial score (nSPS) is 18.9. The smallest absolute Gasteiger partial charge is 0.237 e.